The Morgan fingerprint density at radius 1 is 1.44 bits per heavy atom. The molecule has 5 nitrogen and oxygen atoms in total. The quantitative estimate of drug-likeness (QED) is 0.717. The molecule has 1 aliphatic heterocycles. The van der Waals surface area contributed by atoms with Crippen molar-refractivity contribution in [1.82, 2.24) is 24.9 Å². The Bertz CT molecular complexity index is 492. The average molecular weight is 217 g/mol. The normalized spacial score (nSPS) is 22.7. The fourth-order valence-electron chi connectivity index (χ4n) is 2.37. The molecular formula is C11H15N5. The van der Waals surface area contributed by atoms with Crippen LogP contribution < -0.4 is 0 Å². The molecular weight excluding hydrogens is 202 g/mol. The number of pyridine rings is 1. The van der Waals surface area contributed by atoms with Gasteiger partial charge in [0.2, 0.25) is 0 Å². The Morgan fingerprint density at radius 3 is 3.25 bits per heavy atom. The summed E-state index contributed by atoms with van der Waals surface area (Å²) >= 11 is 0. The standard InChI is InChI=1S/C11H15N5/c1-15-7-3-4-9(8-15)16-11-10(13-14-16)5-2-6-12-11/h2,5-6,9H,3-4,7-8H2,1H3. The molecule has 2 aromatic heterocycles. The van der Waals surface area contributed by atoms with E-state index in [0.29, 0.717) is 6.04 Å². The molecule has 0 bridgehead atoms. The molecule has 1 saturated heterocycles. The Morgan fingerprint density at radius 2 is 2.38 bits per heavy atom. The molecule has 0 aromatic carbocycles. The summed E-state index contributed by atoms with van der Waals surface area (Å²) in [6.45, 7) is 2.21. The zero-order chi connectivity index (χ0) is 11.0. The summed E-state index contributed by atoms with van der Waals surface area (Å²) in [6, 6.07) is 4.27. The van der Waals surface area contributed by atoms with Crippen molar-refractivity contribution in [3.8, 4) is 0 Å². The third-order valence-corrected chi connectivity index (χ3v) is 3.18. The Balaban J connectivity index is 1.99. The van der Waals surface area contributed by atoms with Crippen LogP contribution in [0.25, 0.3) is 11.2 Å². The highest BCUT2D eigenvalue weighted by atomic mass is 15.5. The number of likely N-dealkylation sites (tertiary alicyclic amines) is 1. The van der Waals surface area contributed by atoms with Crippen LogP contribution in [0.3, 0.4) is 0 Å². The molecule has 1 aliphatic rings. The minimum Gasteiger partial charge on any atom is -0.304 e. The summed E-state index contributed by atoms with van der Waals surface area (Å²) in [5, 5.41) is 8.38. The fraction of sp³-hybridized carbons (Fsp3) is 0.545. The number of hydrogen-bond acceptors (Lipinski definition) is 4. The molecule has 0 saturated carbocycles. The number of fused-ring (bicyclic) bond motifs is 1. The maximum Gasteiger partial charge on any atom is 0.178 e. The third kappa shape index (κ3) is 1.57. The van der Waals surface area contributed by atoms with Gasteiger partial charge < -0.3 is 4.90 Å². The van der Waals surface area contributed by atoms with Gasteiger partial charge in [0.25, 0.3) is 0 Å². The predicted molar refractivity (Wildman–Crippen MR) is 61.1 cm³/mol. The Hall–Kier alpha value is -1.49. The summed E-state index contributed by atoms with van der Waals surface area (Å²) in [6.07, 6.45) is 4.18. The van der Waals surface area contributed by atoms with Crippen LogP contribution in [0.2, 0.25) is 0 Å². The topological polar surface area (TPSA) is 46.8 Å². The molecule has 1 unspecified atom stereocenters. The van der Waals surface area contributed by atoms with Crippen molar-refractivity contribution in [2.75, 3.05) is 20.1 Å². The van der Waals surface area contributed by atoms with E-state index in [1.54, 1.807) is 6.20 Å². The smallest absolute Gasteiger partial charge is 0.178 e. The Kier molecular flexibility index (Phi) is 2.32. The molecule has 0 aliphatic carbocycles. The van der Waals surface area contributed by atoms with Gasteiger partial charge in [0.05, 0.1) is 6.04 Å². The molecule has 0 spiro atoms. The van der Waals surface area contributed by atoms with Crippen molar-refractivity contribution < 1.29 is 0 Å². The molecule has 3 heterocycles. The summed E-state index contributed by atoms with van der Waals surface area (Å²) in [5.41, 5.74) is 1.79. The lowest BCUT2D eigenvalue weighted by Gasteiger charge is -2.29. The van der Waals surface area contributed by atoms with E-state index < -0.39 is 0 Å². The highest BCUT2D eigenvalue weighted by Gasteiger charge is 2.21. The highest BCUT2D eigenvalue weighted by molar-refractivity contribution is 5.68. The van der Waals surface area contributed by atoms with Crippen LogP contribution in [0.5, 0.6) is 0 Å². The van der Waals surface area contributed by atoms with E-state index in [1.165, 1.54) is 19.4 Å². The van der Waals surface area contributed by atoms with Crippen LogP contribution >= 0.6 is 0 Å². The number of aromatic nitrogens is 4. The van der Waals surface area contributed by atoms with Crippen LogP contribution in [0.15, 0.2) is 18.3 Å². The molecule has 84 valence electrons. The van der Waals surface area contributed by atoms with E-state index in [-0.39, 0.29) is 0 Å². The van der Waals surface area contributed by atoms with Crippen LogP contribution in [-0.4, -0.2) is 45.0 Å². The minimum atomic E-state index is 0.415. The molecule has 16 heavy (non-hydrogen) atoms. The lowest BCUT2D eigenvalue weighted by molar-refractivity contribution is 0.203. The van der Waals surface area contributed by atoms with Gasteiger partial charge in [-0.25, -0.2) is 9.67 Å². The zero-order valence-corrected chi connectivity index (χ0v) is 9.37. The van der Waals surface area contributed by atoms with E-state index in [0.717, 1.165) is 17.7 Å². The van der Waals surface area contributed by atoms with Gasteiger partial charge >= 0.3 is 0 Å². The summed E-state index contributed by atoms with van der Waals surface area (Å²) in [4.78, 5) is 6.70. The molecule has 0 N–H and O–H groups in total. The second-order valence-corrected chi connectivity index (χ2v) is 4.44. The van der Waals surface area contributed by atoms with E-state index in [1.807, 2.05) is 16.8 Å². The molecule has 1 atom stereocenters. The number of likely N-dealkylation sites (N-methyl/N-ethyl adjacent to an activating group) is 1. The number of piperidine rings is 1. The SMILES string of the molecule is CN1CCCC(n2nnc3cccnc32)C1. The van der Waals surface area contributed by atoms with Gasteiger partial charge in [0.1, 0.15) is 5.52 Å². The number of rotatable bonds is 1. The second kappa shape index (κ2) is 3.83. The first-order valence-electron chi connectivity index (χ1n) is 5.69. The Labute approximate surface area is 94.1 Å². The zero-order valence-electron chi connectivity index (χ0n) is 9.37. The molecule has 1 fully saturated rings. The van der Waals surface area contributed by atoms with Crippen LogP contribution in [0.1, 0.15) is 18.9 Å². The largest absolute Gasteiger partial charge is 0.304 e. The maximum absolute atomic E-state index is 4.36. The molecule has 5 heteroatoms. The molecule has 0 amide bonds. The summed E-state index contributed by atoms with van der Waals surface area (Å²) < 4.78 is 1.98. The van der Waals surface area contributed by atoms with E-state index in [2.05, 4.69) is 27.2 Å². The first-order valence-corrected chi connectivity index (χ1v) is 5.69. The predicted octanol–water partition coefficient (Wildman–Crippen LogP) is 1.09. The van der Waals surface area contributed by atoms with Crippen molar-refractivity contribution in [2.45, 2.75) is 18.9 Å². The van der Waals surface area contributed by atoms with E-state index in [9.17, 15) is 0 Å². The van der Waals surface area contributed by atoms with Crippen molar-refractivity contribution in [2.24, 2.45) is 0 Å². The highest BCUT2D eigenvalue weighted by Crippen LogP contribution is 2.22. The van der Waals surface area contributed by atoms with Crippen molar-refractivity contribution in [3.63, 3.8) is 0 Å². The molecule has 3 rings (SSSR count). The summed E-state index contributed by atoms with van der Waals surface area (Å²) in [7, 11) is 2.15. The lowest BCUT2D eigenvalue weighted by Crippen LogP contribution is -2.34. The van der Waals surface area contributed by atoms with E-state index >= 15 is 0 Å². The van der Waals surface area contributed by atoms with Gasteiger partial charge in [-0.1, -0.05) is 5.21 Å². The van der Waals surface area contributed by atoms with Crippen LogP contribution in [-0.2, 0) is 0 Å². The van der Waals surface area contributed by atoms with Crippen LogP contribution in [0.4, 0.5) is 0 Å². The van der Waals surface area contributed by atoms with Gasteiger partial charge in [-0.2, -0.15) is 0 Å². The maximum atomic E-state index is 4.36. The van der Waals surface area contributed by atoms with Gasteiger partial charge in [-0.05, 0) is 38.6 Å². The third-order valence-electron chi connectivity index (χ3n) is 3.18. The lowest BCUT2D eigenvalue weighted by atomic mass is 10.1. The fourth-order valence-corrected chi connectivity index (χ4v) is 2.37. The molecule has 0 radical (unpaired) electrons. The van der Waals surface area contributed by atoms with Crippen molar-refractivity contribution in [1.29, 1.82) is 0 Å². The minimum absolute atomic E-state index is 0.415. The van der Waals surface area contributed by atoms with Crippen molar-refractivity contribution in [3.05, 3.63) is 18.3 Å². The van der Waals surface area contributed by atoms with Crippen molar-refractivity contribution >= 4 is 11.2 Å². The first kappa shape index (κ1) is 9.72. The van der Waals surface area contributed by atoms with Gasteiger partial charge in [0.15, 0.2) is 5.65 Å². The van der Waals surface area contributed by atoms with Crippen LogP contribution in [0, 0.1) is 0 Å². The number of nitrogens with zero attached hydrogens (tertiary/aromatic N) is 5. The summed E-state index contributed by atoms with van der Waals surface area (Å²) in [5.74, 6) is 0. The average Bonchev–Trinajstić information content (AvgIpc) is 2.72. The monoisotopic (exact) mass is 217 g/mol. The van der Waals surface area contributed by atoms with E-state index in [4.69, 9.17) is 0 Å². The molecule has 2 aromatic rings. The second-order valence-electron chi connectivity index (χ2n) is 4.44. The van der Waals surface area contributed by atoms with Gasteiger partial charge in [-0.15, -0.1) is 5.10 Å². The van der Waals surface area contributed by atoms with Gasteiger partial charge in [0, 0.05) is 12.7 Å². The van der Waals surface area contributed by atoms with Gasteiger partial charge in [-0.3, -0.25) is 0 Å². The number of hydrogen-bond donors (Lipinski definition) is 0. The first-order chi connectivity index (χ1) is 7.84.